The molecule has 0 amide bonds. The van der Waals surface area contributed by atoms with Crippen LogP contribution in [0.2, 0.25) is 0 Å². The molecule has 1 heterocycles. The maximum Gasteiger partial charge on any atom is 0.305 e. The summed E-state index contributed by atoms with van der Waals surface area (Å²) in [6.45, 7) is 3.87. The first-order valence-electron chi connectivity index (χ1n) is 7.15. The van der Waals surface area contributed by atoms with Crippen LogP contribution in [0.1, 0.15) is 44.8 Å². The van der Waals surface area contributed by atoms with Gasteiger partial charge in [0, 0.05) is 30.5 Å². The number of hydrogen-bond acceptors (Lipinski definition) is 6. The lowest BCUT2D eigenvalue weighted by atomic mass is 9.87. The van der Waals surface area contributed by atoms with Crippen LogP contribution < -0.4 is 4.74 Å². The van der Waals surface area contributed by atoms with Crippen molar-refractivity contribution in [3.8, 4) is 5.75 Å². The zero-order valence-corrected chi connectivity index (χ0v) is 12.6. The van der Waals surface area contributed by atoms with E-state index in [-0.39, 0.29) is 24.5 Å². The Morgan fingerprint density at radius 1 is 1.59 bits per heavy atom. The number of carbonyl (C=O) groups excluding carboxylic acids is 1. The first kappa shape index (κ1) is 16.2. The van der Waals surface area contributed by atoms with Gasteiger partial charge in [-0.05, 0) is 26.3 Å². The van der Waals surface area contributed by atoms with Crippen molar-refractivity contribution < 1.29 is 24.3 Å². The molecular weight excluding hydrogens is 290 g/mol. The van der Waals surface area contributed by atoms with Crippen LogP contribution >= 0.6 is 0 Å². The van der Waals surface area contributed by atoms with Crippen LogP contribution in [-0.4, -0.2) is 28.2 Å². The van der Waals surface area contributed by atoms with Crippen molar-refractivity contribution in [2.75, 3.05) is 6.61 Å². The number of esters is 1. The molecular formula is C15H19NO6. The summed E-state index contributed by atoms with van der Waals surface area (Å²) in [5, 5.41) is 21.0. The summed E-state index contributed by atoms with van der Waals surface area (Å²) in [7, 11) is 0. The normalized spacial score (nSPS) is 23.3. The lowest BCUT2D eigenvalue weighted by Gasteiger charge is -2.38. The van der Waals surface area contributed by atoms with Crippen LogP contribution in [0, 0.1) is 10.1 Å². The second kappa shape index (κ2) is 6.31. The molecule has 0 aromatic heterocycles. The largest absolute Gasteiger partial charge is 0.487 e. The van der Waals surface area contributed by atoms with E-state index in [1.54, 1.807) is 13.8 Å². The fourth-order valence-corrected chi connectivity index (χ4v) is 2.58. The summed E-state index contributed by atoms with van der Waals surface area (Å²) in [6.07, 6.45) is -0.00457. The first-order chi connectivity index (χ1) is 10.3. The van der Waals surface area contributed by atoms with Gasteiger partial charge in [-0.15, -0.1) is 0 Å². The maximum atomic E-state index is 11.5. The number of benzene rings is 1. The monoisotopic (exact) mass is 309 g/mol. The fourth-order valence-electron chi connectivity index (χ4n) is 2.58. The van der Waals surface area contributed by atoms with Crippen molar-refractivity contribution in [1.82, 2.24) is 0 Å². The van der Waals surface area contributed by atoms with Crippen LogP contribution in [0.15, 0.2) is 18.2 Å². The minimum absolute atomic E-state index is 0.0865. The highest BCUT2D eigenvalue weighted by molar-refractivity contribution is 5.69. The van der Waals surface area contributed by atoms with E-state index in [4.69, 9.17) is 9.47 Å². The Balaban J connectivity index is 2.14. The molecule has 7 nitrogen and oxygen atoms in total. The van der Waals surface area contributed by atoms with Crippen molar-refractivity contribution in [1.29, 1.82) is 0 Å². The molecule has 0 spiro atoms. The van der Waals surface area contributed by atoms with E-state index in [1.807, 2.05) is 0 Å². The second-order valence-electron chi connectivity index (χ2n) is 5.56. The smallest absolute Gasteiger partial charge is 0.305 e. The third kappa shape index (κ3) is 3.54. The van der Waals surface area contributed by atoms with Gasteiger partial charge in [0.2, 0.25) is 0 Å². The Morgan fingerprint density at radius 3 is 2.95 bits per heavy atom. The van der Waals surface area contributed by atoms with E-state index < -0.39 is 16.6 Å². The summed E-state index contributed by atoms with van der Waals surface area (Å²) in [5.74, 6) is 0.104. The molecule has 1 aliphatic heterocycles. The number of carbonyl (C=O) groups is 1. The van der Waals surface area contributed by atoms with Gasteiger partial charge < -0.3 is 14.6 Å². The number of non-ortho nitro benzene ring substituents is 1. The first-order valence-corrected chi connectivity index (χ1v) is 7.15. The molecule has 0 saturated heterocycles. The minimum Gasteiger partial charge on any atom is -0.487 e. The predicted molar refractivity (Wildman–Crippen MR) is 77.6 cm³/mol. The lowest BCUT2D eigenvalue weighted by molar-refractivity contribution is -0.385. The van der Waals surface area contributed by atoms with Gasteiger partial charge in [-0.25, -0.2) is 0 Å². The Labute approximate surface area is 128 Å². The molecule has 120 valence electrons. The Kier molecular flexibility index (Phi) is 4.65. The third-order valence-corrected chi connectivity index (χ3v) is 3.71. The Morgan fingerprint density at radius 2 is 2.32 bits per heavy atom. The molecule has 0 radical (unpaired) electrons. The topological polar surface area (TPSA) is 98.9 Å². The fraction of sp³-hybridized carbons (Fsp3) is 0.533. The zero-order valence-electron chi connectivity index (χ0n) is 12.6. The quantitative estimate of drug-likeness (QED) is 0.509. The van der Waals surface area contributed by atoms with Gasteiger partial charge in [-0.1, -0.05) is 0 Å². The summed E-state index contributed by atoms with van der Waals surface area (Å²) >= 11 is 0. The average Bonchev–Trinajstić information content (AvgIpc) is 2.45. The molecule has 1 N–H and O–H groups in total. The molecule has 0 bridgehead atoms. The highest BCUT2D eigenvalue weighted by Gasteiger charge is 2.37. The van der Waals surface area contributed by atoms with Crippen LogP contribution in [0.5, 0.6) is 5.75 Å². The Hall–Kier alpha value is -2.15. The number of ether oxygens (including phenoxy) is 2. The number of rotatable bonds is 5. The van der Waals surface area contributed by atoms with Gasteiger partial charge in [0.1, 0.15) is 11.4 Å². The van der Waals surface area contributed by atoms with E-state index in [2.05, 4.69) is 0 Å². The number of aliphatic hydroxyl groups is 1. The van der Waals surface area contributed by atoms with Gasteiger partial charge in [-0.3, -0.25) is 14.9 Å². The van der Waals surface area contributed by atoms with E-state index in [1.165, 1.54) is 18.2 Å². The summed E-state index contributed by atoms with van der Waals surface area (Å²) in [4.78, 5) is 21.7. The van der Waals surface area contributed by atoms with Gasteiger partial charge in [0.05, 0.1) is 17.6 Å². The average molecular weight is 309 g/mol. The second-order valence-corrected chi connectivity index (χ2v) is 5.56. The van der Waals surface area contributed by atoms with Crippen molar-refractivity contribution in [3.63, 3.8) is 0 Å². The van der Waals surface area contributed by atoms with Gasteiger partial charge >= 0.3 is 5.97 Å². The van der Waals surface area contributed by atoms with Crippen molar-refractivity contribution in [2.45, 2.75) is 44.8 Å². The molecule has 22 heavy (non-hydrogen) atoms. The third-order valence-electron chi connectivity index (χ3n) is 3.71. The lowest BCUT2D eigenvalue weighted by Crippen LogP contribution is -2.38. The van der Waals surface area contributed by atoms with Gasteiger partial charge in [0.25, 0.3) is 5.69 Å². The summed E-state index contributed by atoms with van der Waals surface area (Å²) in [6, 6.07) is 4.14. The molecule has 7 heteroatoms. The molecule has 0 fully saturated rings. The standard InChI is InChI=1S/C15H19NO6/c1-3-21-14(18)6-7-15(2)9-12(17)11-8-10(16(19)20)4-5-13(11)22-15/h4-5,8,12,17H,3,6-7,9H2,1-2H3. The Bertz CT molecular complexity index is 587. The highest BCUT2D eigenvalue weighted by Crippen LogP contribution is 2.42. The molecule has 2 atom stereocenters. The molecule has 2 unspecified atom stereocenters. The maximum absolute atomic E-state index is 11.5. The highest BCUT2D eigenvalue weighted by atomic mass is 16.6. The van der Waals surface area contributed by atoms with Crippen LogP contribution in [0.25, 0.3) is 0 Å². The van der Waals surface area contributed by atoms with Crippen LogP contribution in [0.3, 0.4) is 0 Å². The molecule has 0 saturated carbocycles. The molecule has 1 aliphatic rings. The number of nitro benzene ring substituents is 1. The molecule has 2 rings (SSSR count). The molecule has 1 aromatic rings. The number of hydrogen-bond donors (Lipinski definition) is 1. The van der Waals surface area contributed by atoms with Crippen LogP contribution in [-0.2, 0) is 9.53 Å². The number of aliphatic hydroxyl groups excluding tert-OH is 1. The van der Waals surface area contributed by atoms with Crippen molar-refractivity contribution in [3.05, 3.63) is 33.9 Å². The van der Waals surface area contributed by atoms with Crippen molar-refractivity contribution in [2.24, 2.45) is 0 Å². The molecule has 1 aromatic carbocycles. The summed E-state index contributed by atoms with van der Waals surface area (Å²) in [5.41, 5.74) is -0.394. The van der Waals surface area contributed by atoms with Crippen LogP contribution in [0.4, 0.5) is 5.69 Å². The zero-order chi connectivity index (χ0) is 16.3. The number of nitro groups is 1. The molecule has 0 aliphatic carbocycles. The minimum atomic E-state index is -0.865. The van der Waals surface area contributed by atoms with Crippen molar-refractivity contribution >= 4 is 11.7 Å². The van der Waals surface area contributed by atoms with E-state index >= 15 is 0 Å². The number of fused-ring (bicyclic) bond motifs is 1. The van der Waals surface area contributed by atoms with E-state index in [9.17, 15) is 20.0 Å². The summed E-state index contributed by atoms with van der Waals surface area (Å²) < 4.78 is 10.7. The van der Waals surface area contributed by atoms with Gasteiger partial charge in [0.15, 0.2) is 0 Å². The SMILES string of the molecule is CCOC(=O)CCC1(C)CC(O)c2cc([N+](=O)[O-])ccc2O1. The van der Waals surface area contributed by atoms with Gasteiger partial charge in [-0.2, -0.15) is 0 Å². The van der Waals surface area contributed by atoms with E-state index in [0.29, 0.717) is 24.3 Å². The van der Waals surface area contributed by atoms with E-state index in [0.717, 1.165) is 0 Å². The predicted octanol–water partition coefficient (Wildman–Crippen LogP) is 2.51. The number of nitrogens with zero attached hydrogens (tertiary/aromatic N) is 1.